The van der Waals surface area contributed by atoms with Crippen LogP contribution in [0.1, 0.15) is 12.0 Å². The molecule has 6 nitrogen and oxygen atoms in total. The molecule has 1 heterocycles. The Kier molecular flexibility index (Phi) is 4.42. The minimum absolute atomic E-state index is 0.0671. The summed E-state index contributed by atoms with van der Waals surface area (Å²) in [6.45, 7) is 0. The van der Waals surface area contributed by atoms with Crippen LogP contribution in [0.3, 0.4) is 0 Å². The average molecular weight is 402 g/mol. The molecule has 6 heteroatoms. The Labute approximate surface area is 174 Å². The van der Waals surface area contributed by atoms with Crippen molar-refractivity contribution in [1.82, 2.24) is 4.90 Å². The number of imide groups is 1. The molecular weight excluding hydrogens is 380 g/mol. The lowest BCUT2D eigenvalue weighted by molar-refractivity contribution is -0.147. The molecule has 2 aliphatic carbocycles. The number of allylic oxidation sites excluding steroid dienone is 2. The Hall–Kier alpha value is -3.41. The van der Waals surface area contributed by atoms with E-state index < -0.39 is 11.9 Å². The highest BCUT2D eigenvalue weighted by molar-refractivity contribution is 6.11. The molecule has 2 aromatic rings. The van der Waals surface area contributed by atoms with Gasteiger partial charge in [-0.25, -0.2) is 0 Å². The quantitative estimate of drug-likeness (QED) is 0.457. The smallest absolute Gasteiger partial charge is 0.248 e. The van der Waals surface area contributed by atoms with Crippen molar-refractivity contribution in [3.05, 3.63) is 72.3 Å². The molecule has 5 atom stereocenters. The fourth-order valence-corrected chi connectivity index (χ4v) is 5.17. The number of hydrogen-bond acceptors (Lipinski definition) is 4. The molecule has 152 valence electrons. The number of carbonyl (C=O) groups excluding carboxylic acids is 3. The van der Waals surface area contributed by atoms with E-state index in [4.69, 9.17) is 0 Å². The zero-order chi connectivity index (χ0) is 20.8. The first-order chi connectivity index (χ1) is 14.5. The van der Waals surface area contributed by atoms with Gasteiger partial charge in [-0.1, -0.05) is 54.6 Å². The highest BCUT2D eigenvalue weighted by Crippen LogP contribution is 2.53. The van der Waals surface area contributed by atoms with Crippen LogP contribution in [0.2, 0.25) is 0 Å². The van der Waals surface area contributed by atoms with Gasteiger partial charge in [0.2, 0.25) is 17.7 Å². The van der Waals surface area contributed by atoms with Crippen LogP contribution in [0.4, 0.5) is 5.69 Å². The largest absolute Gasteiger partial charge is 0.506 e. The van der Waals surface area contributed by atoms with E-state index in [0.717, 1.165) is 12.0 Å². The van der Waals surface area contributed by atoms with Crippen molar-refractivity contribution in [3.63, 3.8) is 0 Å². The van der Waals surface area contributed by atoms with Gasteiger partial charge in [-0.05, 0) is 36.0 Å². The molecule has 1 aliphatic heterocycles. The Morgan fingerprint density at radius 3 is 2.20 bits per heavy atom. The molecule has 2 N–H and O–H groups in total. The topological polar surface area (TPSA) is 86.7 Å². The lowest BCUT2D eigenvalue weighted by Gasteiger charge is -2.27. The van der Waals surface area contributed by atoms with E-state index in [2.05, 4.69) is 5.32 Å². The van der Waals surface area contributed by atoms with E-state index in [-0.39, 0.29) is 53.3 Å². The predicted octanol–water partition coefficient (Wildman–Crippen LogP) is 2.75. The Balaban J connectivity index is 1.47. The van der Waals surface area contributed by atoms with Gasteiger partial charge in [-0.15, -0.1) is 0 Å². The molecule has 1 saturated heterocycles. The van der Waals surface area contributed by atoms with Gasteiger partial charge in [0, 0.05) is 6.42 Å². The summed E-state index contributed by atoms with van der Waals surface area (Å²) in [5.74, 6) is -1.61. The van der Waals surface area contributed by atoms with Gasteiger partial charge < -0.3 is 10.4 Å². The van der Waals surface area contributed by atoms with Crippen molar-refractivity contribution in [3.8, 4) is 5.75 Å². The zero-order valence-electron chi connectivity index (χ0n) is 16.3. The molecule has 1 saturated carbocycles. The second kappa shape index (κ2) is 7.13. The molecule has 0 spiro atoms. The van der Waals surface area contributed by atoms with Crippen molar-refractivity contribution < 1.29 is 19.5 Å². The first kappa shape index (κ1) is 18.6. The third-order valence-corrected chi connectivity index (χ3v) is 6.55. The van der Waals surface area contributed by atoms with E-state index >= 15 is 0 Å². The summed E-state index contributed by atoms with van der Waals surface area (Å²) in [4.78, 5) is 41.0. The number of hydrogen-bond donors (Lipinski definition) is 2. The molecule has 2 aromatic carbocycles. The Bertz CT molecular complexity index is 1020. The van der Waals surface area contributed by atoms with Gasteiger partial charge in [-0.3, -0.25) is 19.3 Å². The third kappa shape index (κ3) is 2.91. The Morgan fingerprint density at radius 1 is 0.967 bits per heavy atom. The van der Waals surface area contributed by atoms with Gasteiger partial charge in [0.05, 0.1) is 17.5 Å². The molecule has 0 aromatic heterocycles. The van der Waals surface area contributed by atoms with Crippen LogP contribution in [0.5, 0.6) is 5.75 Å². The molecule has 30 heavy (non-hydrogen) atoms. The van der Waals surface area contributed by atoms with Crippen LogP contribution in [-0.2, 0) is 20.8 Å². The minimum Gasteiger partial charge on any atom is -0.506 e. The summed E-state index contributed by atoms with van der Waals surface area (Å²) in [5, 5.41) is 12.7. The van der Waals surface area contributed by atoms with Crippen molar-refractivity contribution in [1.29, 1.82) is 0 Å². The normalized spacial score (nSPS) is 27.4. The van der Waals surface area contributed by atoms with Crippen LogP contribution < -0.4 is 5.32 Å². The molecule has 3 amide bonds. The van der Waals surface area contributed by atoms with E-state index in [1.807, 2.05) is 42.5 Å². The number of likely N-dealkylation sites (tertiary alicyclic amines) is 1. The number of benzene rings is 2. The first-order valence-corrected chi connectivity index (χ1v) is 10.2. The highest BCUT2D eigenvalue weighted by atomic mass is 16.3. The molecule has 3 aliphatic rings. The van der Waals surface area contributed by atoms with Crippen LogP contribution in [0, 0.1) is 23.7 Å². The molecule has 2 bridgehead atoms. The third-order valence-electron chi connectivity index (χ3n) is 6.55. The predicted molar refractivity (Wildman–Crippen MR) is 110 cm³/mol. The monoisotopic (exact) mass is 402 g/mol. The molecule has 0 unspecified atom stereocenters. The fourth-order valence-electron chi connectivity index (χ4n) is 5.17. The fraction of sp³-hybridized carbons (Fsp3) is 0.292. The Morgan fingerprint density at radius 2 is 1.57 bits per heavy atom. The maximum atomic E-state index is 13.3. The number of carbonyl (C=O) groups is 3. The lowest BCUT2D eigenvalue weighted by Crippen LogP contribution is -2.49. The zero-order valence-corrected chi connectivity index (χ0v) is 16.3. The number of nitrogens with zero attached hydrogens (tertiary/aromatic N) is 1. The number of fused-ring (bicyclic) bond motifs is 5. The summed E-state index contributed by atoms with van der Waals surface area (Å²) < 4.78 is 0. The lowest BCUT2D eigenvalue weighted by atomic mass is 9.85. The van der Waals surface area contributed by atoms with Crippen LogP contribution >= 0.6 is 0 Å². The van der Waals surface area contributed by atoms with Gasteiger partial charge >= 0.3 is 0 Å². The second-order valence-electron chi connectivity index (χ2n) is 8.26. The maximum Gasteiger partial charge on any atom is 0.248 e. The highest BCUT2D eigenvalue weighted by Gasteiger charge is 2.61. The van der Waals surface area contributed by atoms with Crippen molar-refractivity contribution in [2.75, 3.05) is 5.32 Å². The number of anilines is 1. The number of rotatable bonds is 5. The SMILES string of the molecule is O=C(Nc1ccccc1O)[C@H](Cc1ccccc1)N1C(=O)[C@@H]2[C@@H](C1=O)[C@H]1C=C[C@H]2C1. The summed E-state index contributed by atoms with van der Waals surface area (Å²) in [6.07, 6.45) is 5.14. The standard InChI is InChI=1S/C24H22N2O4/c27-19-9-5-4-8-17(19)25-22(28)18(12-14-6-2-1-3-7-14)26-23(29)20-15-10-11-16(13-15)21(20)24(26)30/h1-11,15-16,18,20-21,27H,12-13H2,(H,25,28)/t15-,16-,18-,20-,21-/m0/s1. The molecule has 5 rings (SSSR count). The van der Waals surface area contributed by atoms with Gasteiger partial charge in [0.25, 0.3) is 0 Å². The van der Waals surface area contributed by atoms with Gasteiger partial charge in [0.1, 0.15) is 11.8 Å². The summed E-state index contributed by atoms with van der Waals surface area (Å²) >= 11 is 0. The minimum atomic E-state index is -0.975. The van der Waals surface area contributed by atoms with E-state index in [0.29, 0.717) is 0 Å². The van der Waals surface area contributed by atoms with E-state index in [9.17, 15) is 19.5 Å². The number of nitrogens with one attached hydrogen (secondary N) is 1. The average Bonchev–Trinajstić information content (AvgIpc) is 3.43. The number of aromatic hydroxyl groups is 1. The number of amides is 3. The van der Waals surface area contributed by atoms with Gasteiger partial charge in [0.15, 0.2) is 0 Å². The summed E-state index contributed by atoms with van der Waals surface area (Å²) in [6, 6.07) is 14.8. The molecule has 0 radical (unpaired) electrons. The molecule has 2 fully saturated rings. The van der Waals surface area contributed by atoms with Crippen molar-refractivity contribution in [2.45, 2.75) is 18.9 Å². The first-order valence-electron chi connectivity index (χ1n) is 10.2. The summed E-state index contributed by atoms with van der Waals surface area (Å²) in [7, 11) is 0. The second-order valence-corrected chi connectivity index (χ2v) is 8.26. The van der Waals surface area contributed by atoms with Crippen molar-refractivity contribution >= 4 is 23.4 Å². The maximum absolute atomic E-state index is 13.3. The van der Waals surface area contributed by atoms with E-state index in [1.165, 1.54) is 11.0 Å². The number of phenolic OH excluding ortho intramolecular Hbond substituents is 1. The van der Waals surface area contributed by atoms with Crippen molar-refractivity contribution in [2.24, 2.45) is 23.7 Å². The molecular formula is C24H22N2O4. The van der Waals surface area contributed by atoms with Crippen LogP contribution in [0.25, 0.3) is 0 Å². The van der Waals surface area contributed by atoms with Crippen LogP contribution in [-0.4, -0.2) is 33.8 Å². The summed E-state index contributed by atoms with van der Waals surface area (Å²) in [5.41, 5.74) is 1.11. The van der Waals surface area contributed by atoms with Crippen LogP contribution in [0.15, 0.2) is 66.7 Å². The van der Waals surface area contributed by atoms with E-state index in [1.54, 1.807) is 18.2 Å². The van der Waals surface area contributed by atoms with Gasteiger partial charge in [-0.2, -0.15) is 0 Å². The number of phenols is 1. The number of para-hydroxylation sites is 2.